The Labute approximate surface area is 201 Å². The number of anilines is 1. The Morgan fingerprint density at radius 3 is 2.61 bits per heavy atom. The second-order valence-electron chi connectivity index (χ2n) is 7.85. The molecule has 2 saturated heterocycles. The van der Waals surface area contributed by atoms with Gasteiger partial charge in [0.1, 0.15) is 12.2 Å². The molecule has 0 aromatic heterocycles. The van der Waals surface area contributed by atoms with Crippen molar-refractivity contribution in [3.05, 3.63) is 76.8 Å². The summed E-state index contributed by atoms with van der Waals surface area (Å²) >= 11 is 11.2. The number of benzene rings is 2. The Kier molecular flexibility index (Phi) is 7.05. The lowest BCUT2D eigenvalue weighted by Crippen LogP contribution is -2.54. The van der Waals surface area contributed by atoms with Crippen LogP contribution in [-0.2, 0) is 20.9 Å². The predicted octanol–water partition coefficient (Wildman–Crippen LogP) is 4.06. The number of carbonyl (C=O) groups is 3. The molecule has 33 heavy (non-hydrogen) atoms. The van der Waals surface area contributed by atoms with Crippen molar-refractivity contribution in [3.8, 4) is 0 Å². The third kappa shape index (κ3) is 5.40. The normalized spacial score (nSPS) is 20.1. The van der Waals surface area contributed by atoms with Crippen molar-refractivity contribution < 1.29 is 19.1 Å². The molecule has 9 heteroatoms. The average molecular weight is 484 g/mol. The quantitative estimate of drug-likeness (QED) is 0.403. The van der Waals surface area contributed by atoms with Crippen LogP contribution in [-0.4, -0.2) is 41.0 Å². The Bertz CT molecular complexity index is 1100. The summed E-state index contributed by atoms with van der Waals surface area (Å²) in [7, 11) is 0. The molecule has 0 radical (unpaired) electrons. The van der Waals surface area contributed by atoms with Crippen LogP contribution in [0.15, 0.2) is 66.2 Å². The lowest BCUT2D eigenvalue weighted by atomic mass is 9.94. The number of hydrogen-bond donors (Lipinski definition) is 1. The van der Waals surface area contributed by atoms with Gasteiger partial charge in [-0.25, -0.2) is 4.79 Å². The van der Waals surface area contributed by atoms with E-state index in [0.29, 0.717) is 23.8 Å². The Balaban J connectivity index is 1.45. The molecule has 0 saturated carbocycles. The fourth-order valence-corrected chi connectivity index (χ4v) is 4.27. The third-order valence-electron chi connectivity index (χ3n) is 5.51. The monoisotopic (exact) mass is 483 g/mol. The number of amides is 3. The van der Waals surface area contributed by atoms with E-state index >= 15 is 0 Å². The smallest absolute Gasteiger partial charge is 0.410 e. The van der Waals surface area contributed by atoms with E-state index < -0.39 is 17.9 Å². The summed E-state index contributed by atoms with van der Waals surface area (Å²) in [5, 5.41) is 3.11. The molecule has 0 spiro atoms. The number of piperidine rings is 1. The zero-order valence-corrected chi connectivity index (χ0v) is 19.3. The molecule has 1 unspecified atom stereocenters. The molecule has 2 aromatic rings. The second kappa shape index (κ2) is 10.1. The SMILES string of the molecule is O=C1NC(=S)N(c2ccc(Cl)cc2)C(=O)/C1=C\C1CCCN(C(=O)OCc2ccccc2)C1. The molecule has 1 atom stereocenters. The van der Waals surface area contributed by atoms with E-state index in [1.807, 2.05) is 30.3 Å². The van der Waals surface area contributed by atoms with Gasteiger partial charge in [-0.05, 0) is 60.8 Å². The first-order chi connectivity index (χ1) is 15.9. The molecule has 2 aliphatic rings. The predicted molar refractivity (Wildman–Crippen MR) is 129 cm³/mol. The van der Waals surface area contributed by atoms with E-state index in [2.05, 4.69) is 5.32 Å². The van der Waals surface area contributed by atoms with E-state index in [1.165, 1.54) is 4.90 Å². The van der Waals surface area contributed by atoms with Crippen LogP contribution >= 0.6 is 23.8 Å². The molecule has 3 amide bonds. The summed E-state index contributed by atoms with van der Waals surface area (Å²) in [5.41, 5.74) is 1.42. The van der Waals surface area contributed by atoms with Gasteiger partial charge in [0.05, 0.1) is 5.69 Å². The highest BCUT2D eigenvalue weighted by atomic mass is 35.5. The van der Waals surface area contributed by atoms with Gasteiger partial charge in [0.25, 0.3) is 11.8 Å². The van der Waals surface area contributed by atoms with Gasteiger partial charge in [0, 0.05) is 18.1 Å². The summed E-state index contributed by atoms with van der Waals surface area (Å²) in [6.07, 6.45) is 2.71. The van der Waals surface area contributed by atoms with Gasteiger partial charge in [0.15, 0.2) is 5.11 Å². The second-order valence-corrected chi connectivity index (χ2v) is 8.67. The molecular weight excluding hydrogens is 462 g/mol. The highest BCUT2D eigenvalue weighted by Crippen LogP contribution is 2.25. The molecule has 170 valence electrons. The van der Waals surface area contributed by atoms with Crippen LogP contribution in [0.1, 0.15) is 18.4 Å². The highest BCUT2D eigenvalue weighted by Gasteiger charge is 2.35. The van der Waals surface area contributed by atoms with Crippen LogP contribution in [0, 0.1) is 5.92 Å². The zero-order chi connectivity index (χ0) is 23.4. The number of rotatable bonds is 4. The van der Waals surface area contributed by atoms with Gasteiger partial charge >= 0.3 is 6.09 Å². The number of carbonyl (C=O) groups excluding carboxylic acids is 3. The Morgan fingerprint density at radius 1 is 1.15 bits per heavy atom. The van der Waals surface area contributed by atoms with Crippen LogP contribution in [0.3, 0.4) is 0 Å². The highest BCUT2D eigenvalue weighted by molar-refractivity contribution is 7.80. The van der Waals surface area contributed by atoms with E-state index in [4.69, 9.17) is 28.6 Å². The van der Waals surface area contributed by atoms with Gasteiger partial charge in [-0.2, -0.15) is 0 Å². The topological polar surface area (TPSA) is 79.0 Å². The number of hydrogen-bond acceptors (Lipinski definition) is 5. The summed E-state index contributed by atoms with van der Waals surface area (Å²) in [5.74, 6) is -1.21. The van der Waals surface area contributed by atoms with Crippen molar-refractivity contribution in [2.75, 3.05) is 18.0 Å². The maximum Gasteiger partial charge on any atom is 0.410 e. The molecule has 2 aliphatic heterocycles. The standard InChI is InChI=1S/C24H22ClN3O4S/c25-18-8-10-19(11-9-18)28-22(30)20(21(29)26-23(28)33)13-17-7-4-12-27(14-17)24(31)32-15-16-5-2-1-3-6-16/h1-3,5-6,8-11,13,17H,4,7,12,14-15H2,(H,26,29,33)/b20-13-. The molecule has 4 rings (SSSR count). The number of thiocarbonyl (C=S) groups is 1. The fraction of sp³-hybridized carbons (Fsp3) is 0.250. The molecule has 0 aliphatic carbocycles. The van der Waals surface area contributed by atoms with Gasteiger partial charge in [-0.15, -0.1) is 0 Å². The maximum atomic E-state index is 13.2. The van der Waals surface area contributed by atoms with Crippen molar-refractivity contribution in [3.63, 3.8) is 0 Å². The van der Waals surface area contributed by atoms with E-state index in [0.717, 1.165) is 18.4 Å². The molecule has 1 N–H and O–H groups in total. The van der Waals surface area contributed by atoms with E-state index in [-0.39, 0.29) is 23.2 Å². The fourth-order valence-electron chi connectivity index (χ4n) is 3.86. The number of nitrogens with zero attached hydrogens (tertiary/aromatic N) is 2. The summed E-state index contributed by atoms with van der Waals surface area (Å²) < 4.78 is 5.43. The van der Waals surface area contributed by atoms with Gasteiger partial charge in [-0.3, -0.25) is 19.8 Å². The largest absolute Gasteiger partial charge is 0.445 e. The summed E-state index contributed by atoms with van der Waals surface area (Å²) in [6.45, 7) is 1.12. The van der Waals surface area contributed by atoms with Crippen LogP contribution in [0.25, 0.3) is 0 Å². The van der Waals surface area contributed by atoms with E-state index in [1.54, 1.807) is 35.2 Å². The first-order valence-electron chi connectivity index (χ1n) is 10.5. The third-order valence-corrected chi connectivity index (χ3v) is 6.05. The summed E-state index contributed by atoms with van der Waals surface area (Å²) in [4.78, 5) is 41.1. The zero-order valence-electron chi connectivity index (χ0n) is 17.7. The van der Waals surface area contributed by atoms with E-state index in [9.17, 15) is 14.4 Å². The van der Waals surface area contributed by atoms with Crippen molar-refractivity contribution in [1.82, 2.24) is 10.2 Å². The molecule has 2 aromatic carbocycles. The van der Waals surface area contributed by atoms with Gasteiger partial charge in [0.2, 0.25) is 0 Å². The van der Waals surface area contributed by atoms with Crippen molar-refractivity contribution >= 4 is 52.5 Å². The van der Waals surface area contributed by atoms with Crippen LogP contribution in [0.4, 0.5) is 10.5 Å². The lowest BCUT2D eigenvalue weighted by Gasteiger charge is -2.32. The van der Waals surface area contributed by atoms with Crippen LogP contribution in [0.2, 0.25) is 5.02 Å². The minimum absolute atomic E-state index is 0.00283. The average Bonchev–Trinajstić information content (AvgIpc) is 2.82. The van der Waals surface area contributed by atoms with Crippen molar-refractivity contribution in [2.45, 2.75) is 19.4 Å². The van der Waals surface area contributed by atoms with Gasteiger partial charge < -0.3 is 9.64 Å². The minimum Gasteiger partial charge on any atom is -0.445 e. The molecule has 2 fully saturated rings. The molecule has 2 heterocycles. The molecule has 0 bridgehead atoms. The summed E-state index contributed by atoms with van der Waals surface area (Å²) in [6, 6.07) is 16.1. The first kappa shape index (κ1) is 22.9. The first-order valence-corrected chi connectivity index (χ1v) is 11.3. The van der Waals surface area contributed by atoms with Crippen molar-refractivity contribution in [1.29, 1.82) is 0 Å². The maximum absolute atomic E-state index is 13.2. The number of halogens is 1. The number of likely N-dealkylation sites (tertiary alicyclic amines) is 1. The van der Waals surface area contributed by atoms with Crippen LogP contribution in [0.5, 0.6) is 0 Å². The van der Waals surface area contributed by atoms with Crippen LogP contribution < -0.4 is 10.2 Å². The minimum atomic E-state index is -0.543. The molecule has 7 nitrogen and oxygen atoms in total. The Morgan fingerprint density at radius 2 is 1.88 bits per heavy atom. The molecular formula is C24H22ClN3O4S. The van der Waals surface area contributed by atoms with Crippen molar-refractivity contribution in [2.24, 2.45) is 5.92 Å². The van der Waals surface area contributed by atoms with Gasteiger partial charge in [-0.1, -0.05) is 48.0 Å². The lowest BCUT2D eigenvalue weighted by molar-refractivity contribution is -0.122. The Hall–Kier alpha value is -3.23. The number of nitrogens with one attached hydrogen (secondary N) is 1. The number of ether oxygens (including phenoxy) is 1.